The van der Waals surface area contributed by atoms with Gasteiger partial charge in [0.15, 0.2) is 0 Å². The molecule has 2 unspecified atom stereocenters. The maximum atomic E-state index is 10.9. The van der Waals surface area contributed by atoms with Crippen LogP contribution >= 0.6 is 15.9 Å². The quantitative estimate of drug-likeness (QED) is 0.723. The van der Waals surface area contributed by atoms with Crippen molar-refractivity contribution in [2.75, 3.05) is 6.61 Å². The van der Waals surface area contributed by atoms with Gasteiger partial charge in [0.1, 0.15) is 0 Å². The molecule has 2 nitrogen and oxygen atoms in total. The molecule has 0 saturated heterocycles. The van der Waals surface area contributed by atoms with E-state index >= 15 is 0 Å². The van der Waals surface area contributed by atoms with Crippen LogP contribution in [0.3, 0.4) is 0 Å². The Hall–Kier alpha value is 0.110. The van der Waals surface area contributed by atoms with Gasteiger partial charge in [0.2, 0.25) is 4.69 Å². The van der Waals surface area contributed by atoms with Gasteiger partial charge in [-0.3, -0.25) is 4.79 Å². The summed E-state index contributed by atoms with van der Waals surface area (Å²) in [7, 11) is 0. The average Bonchev–Trinajstić information content (AvgIpc) is 1.88. The molecule has 0 amide bonds. The second-order valence-corrected chi connectivity index (χ2v) is 3.59. The van der Waals surface area contributed by atoms with E-state index < -0.39 is 0 Å². The molecule has 0 heterocycles. The molecular formula is C8H15BrO2. The normalized spacial score (nSPS) is 16.0. The molecule has 0 aliphatic rings. The minimum Gasteiger partial charge on any atom is -0.396 e. The lowest BCUT2D eigenvalue weighted by Crippen LogP contribution is -2.17. The van der Waals surface area contributed by atoms with Crippen LogP contribution in [0.1, 0.15) is 26.7 Å². The van der Waals surface area contributed by atoms with Gasteiger partial charge in [-0.2, -0.15) is 0 Å². The van der Waals surface area contributed by atoms with Crippen LogP contribution in [-0.2, 0) is 4.79 Å². The summed E-state index contributed by atoms with van der Waals surface area (Å²) in [4.78, 5) is 10.9. The van der Waals surface area contributed by atoms with E-state index in [-0.39, 0.29) is 23.1 Å². The lowest BCUT2D eigenvalue weighted by atomic mass is 9.91. The molecule has 2 atom stereocenters. The van der Waals surface area contributed by atoms with Gasteiger partial charge in [0.05, 0.1) is 0 Å². The Morgan fingerprint density at radius 1 is 1.64 bits per heavy atom. The first-order valence-corrected chi connectivity index (χ1v) is 4.73. The SMILES string of the molecule is CCC(C(=O)Br)C(C)CCO. The lowest BCUT2D eigenvalue weighted by molar-refractivity contribution is -0.115. The molecule has 0 spiro atoms. The van der Waals surface area contributed by atoms with E-state index in [4.69, 9.17) is 5.11 Å². The van der Waals surface area contributed by atoms with Gasteiger partial charge in [-0.15, -0.1) is 0 Å². The molecule has 0 aromatic carbocycles. The van der Waals surface area contributed by atoms with Gasteiger partial charge >= 0.3 is 0 Å². The van der Waals surface area contributed by atoms with E-state index in [2.05, 4.69) is 15.9 Å². The van der Waals surface area contributed by atoms with Crippen molar-refractivity contribution in [3.8, 4) is 0 Å². The second-order valence-electron chi connectivity index (χ2n) is 2.81. The number of carbonyl (C=O) groups is 1. The Morgan fingerprint density at radius 3 is 2.45 bits per heavy atom. The molecular weight excluding hydrogens is 208 g/mol. The molecule has 0 aromatic heterocycles. The molecule has 0 bridgehead atoms. The number of aliphatic hydroxyl groups excluding tert-OH is 1. The van der Waals surface area contributed by atoms with Crippen molar-refractivity contribution in [1.82, 2.24) is 0 Å². The molecule has 0 radical (unpaired) electrons. The zero-order valence-corrected chi connectivity index (χ0v) is 8.60. The summed E-state index contributed by atoms with van der Waals surface area (Å²) in [5.41, 5.74) is 0. The number of aliphatic hydroxyl groups is 1. The summed E-state index contributed by atoms with van der Waals surface area (Å²) in [5.74, 6) is 0.332. The van der Waals surface area contributed by atoms with Crippen molar-refractivity contribution in [2.24, 2.45) is 11.8 Å². The third-order valence-corrected chi connectivity index (χ3v) is 2.59. The monoisotopic (exact) mass is 222 g/mol. The summed E-state index contributed by atoms with van der Waals surface area (Å²) < 4.78 is 0.0564. The fourth-order valence-electron chi connectivity index (χ4n) is 1.19. The van der Waals surface area contributed by atoms with Crippen molar-refractivity contribution in [2.45, 2.75) is 26.7 Å². The summed E-state index contributed by atoms with van der Waals surface area (Å²) in [6, 6.07) is 0. The van der Waals surface area contributed by atoms with E-state index in [1.165, 1.54) is 0 Å². The van der Waals surface area contributed by atoms with E-state index in [0.717, 1.165) is 6.42 Å². The minimum absolute atomic E-state index is 0.0564. The molecule has 0 aliphatic heterocycles. The molecule has 1 N–H and O–H groups in total. The molecule has 0 fully saturated rings. The highest BCUT2D eigenvalue weighted by molar-refractivity contribution is 9.18. The van der Waals surface area contributed by atoms with Crippen molar-refractivity contribution < 1.29 is 9.90 Å². The van der Waals surface area contributed by atoms with E-state index in [1.807, 2.05) is 13.8 Å². The number of hydrogen-bond donors (Lipinski definition) is 1. The first kappa shape index (κ1) is 11.1. The standard InChI is InChI=1S/C8H15BrO2/c1-3-7(8(9)11)6(2)4-5-10/h6-7,10H,3-5H2,1-2H3. The Morgan fingerprint density at radius 2 is 2.18 bits per heavy atom. The predicted molar refractivity (Wildman–Crippen MR) is 48.6 cm³/mol. The van der Waals surface area contributed by atoms with Crippen molar-refractivity contribution in [3.05, 3.63) is 0 Å². The van der Waals surface area contributed by atoms with Crippen LogP contribution in [0.5, 0.6) is 0 Å². The van der Waals surface area contributed by atoms with Crippen molar-refractivity contribution in [3.63, 3.8) is 0 Å². The van der Waals surface area contributed by atoms with E-state index in [9.17, 15) is 4.79 Å². The molecule has 3 heteroatoms. The maximum Gasteiger partial charge on any atom is 0.201 e. The smallest absolute Gasteiger partial charge is 0.201 e. The Balaban J connectivity index is 3.91. The van der Waals surface area contributed by atoms with E-state index in [0.29, 0.717) is 6.42 Å². The van der Waals surface area contributed by atoms with Crippen molar-refractivity contribution >= 4 is 20.6 Å². The highest BCUT2D eigenvalue weighted by Gasteiger charge is 2.20. The second kappa shape index (κ2) is 5.72. The van der Waals surface area contributed by atoms with Crippen LogP contribution in [0.2, 0.25) is 0 Å². The zero-order valence-electron chi connectivity index (χ0n) is 7.01. The molecule has 66 valence electrons. The maximum absolute atomic E-state index is 10.9. The van der Waals surface area contributed by atoms with Crippen LogP contribution in [0.25, 0.3) is 0 Å². The fourth-order valence-corrected chi connectivity index (χ4v) is 1.97. The first-order chi connectivity index (χ1) is 5.13. The number of carbonyl (C=O) groups excluding carboxylic acids is 1. The topological polar surface area (TPSA) is 37.3 Å². The number of rotatable bonds is 5. The summed E-state index contributed by atoms with van der Waals surface area (Å²) >= 11 is 2.95. The Kier molecular flexibility index (Phi) is 5.78. The van der Waals surface area contributed by atoms with Gasteiger partial charge in [-0.25, -0.2) is 0 Å². The van der Waals surface area contributed by atoms with Crippen LogP contribution in [-0.4, -0.2) is 16.4 Å². The van der Waals surface area contributed by atoms with Gasteiger partial charge in [-0.1, -0.05) is 13.8 Å². The summed E-state index contributed by atoms with van der Waals surface area (Å²) in [5, 5.41) is 8.64. The average molecular weight is 223 g/mol. The first-order valence-electron chi connectivity index (χ1n) is 3.93. The number of halogens is 1. The van der Waals surface area contributed by atoms with Crippen molar-refractivity contribution in [1.29, 1.82) is 0 Å². The van der Waals surface area contributed by atoms with Crippen LogP contribution in [0.4, 0.5) is 0 Å². The molecule has 11 heavy (non-hydrogen) atoms. The van der Waals surface area contributed by atoms with Gasteiger partial charge < -0.3 is 5.11 Å². The molecule has 0 saturated carbocycles. The Labute approximate surface area is 76.1 Å². The van der Waals surface area contributed by atoms with Gasteiger partial charge in [0, 0.05) is 12.5 Å². The largest absolute Gasteiger partial charge is 0.396 e. The minimum atomic E-state index is 0.0564. The molecule has 0 aromatic rings. The molecule has 0 aliphatic carbocycles. The Bertz CT molecular complexity index is 125. The predicted octanol–water partition coefficient (Wildman–Crippen LogP) is 1.95. The van der Waals surface area contributed by atoms with E-state index in [1.54, 1.807) is 0 Å². The highest BCUT2D eigenvalue weighted by atomic mass is 79.9. The molecule has 0 rings (SSSR count). The van der Waals surface area contributed by atoms with Gasteiger partial charge in [0.25, 0.3) is 0 Å². The fraction of sp³-hybridized carbons (Fsp3) is 0.875. The third-order valence-electron chi connectivity index (χ3n) is 2.00. The third kappa shape index (κ3) is 3.87. The van der Waals surface area contributed by atoms with Crippen LogP contribution < -0.4 is 0 Å². The zero-order chi connectivity index (χ0) is 8.85. The lowest BCUT2D eigenvalue weighted by Gasteiger charge is -2.17. The van der Waals surface area contributed by atoms with Crippen LogP contribution in [0, 0.1) is 11.8 Å². The highest BCUT2D eigenvalue weighted by Crippen LogP contribution is 2.21. The number of hydrogen-bond acceptors (Lipinski definition) is 2. The van der Waals surface area contributed by atoms with Gasteiger partial charge in [-0.05, 0) is 34.7 Å². The summed E-state index contributed by atoms with van der Waals surface area (Å²) in [6.07, 6.45) is 1.54. The van der Waals surface area contributed by atoms with Crippen LogP contribution in [0.15, 0.2) is 0 Å². The summed E-state index contributed by atoms with van der Waals surface area (Å²) in [6.45, 7) is 4.14.